The molecule has 0 atom stereocenters. The van der Waals surface area contributed by atoms with Gasteiger partial charge in [-0.2, -0.15) is 0 Å². The van der Waals surface area contributed by atoms with Crippen LogP contribution in [0.25, 0.3) is 22.2 Å². The van der Waals surface area contributed by atoms with E-state index >= 15 is 0 Å². The third-order valence-corrected chi connectivity index (χ3v) is 2.71. The number of aliphatic hydroxyl groups excluding tert-OH is 1. The lowest BCUT2D eigenvalue weighted by molar-refractivity contribution is 0.282. The van der Waals surface area contributed by atoms with Crippen LogP contribution < -0.4 is 0 Å². The van der Waals surface area contributed by atoms with Gasteiger partial charge in [0.15, 0.2) is 0 Å². The van der Waals surface area contributed by atoms with Crippen molar-refractivity contribution in [2.75, 3.05) is 0 Å². The summed E-state index contributed by atoms with van der Waals surface area (Å²) in [5, 5.41) is 10.4. The number of aromatic nitrogens is 2. The minimum atomic E-state index is -0.0402. The highest BCUT2D eigenvalue weighted by Crippen LogP contribution is 2.31. The zero-order valence-electron chi connectivity index (χ0n) is 8.59. The first kappa shape index (κ1) is 9.24. The predicted molar refractivity (Wildman–Crippen MR) is 62.1 cm³/mol. The van der Waals surface area contributed by atoms with Gasteiger partial charge in [-0.05, 0) is 12.1 Å². The predicted octanol–water partition coefficient (Wildman–Crippen LogP) is 2.23. The quantitative estimate of drug-likeness (QED) is 0.670. The zero-order chi connectivity index (χ0) is 11.0. The molecule has 0 aromatic heterocycles. The van der Waals surface area contributed by atoms with E-state index in [1.54, 1.807) is 12.4 Å². The van der Waals surface area contributed by atoms with Crippen LogP contribution in [0.1, 0.15) is 5.56 Å². The van der Waals surface area contributed by atoms with E-state index in [-0.39, 0.29) is 6.61 Å². The van der Waals surface area contributed by atoms with E-state index in [9.17, 15) is 5.11 Å². The smallest absolute Gasteiger partial charge is 0.0787 e. The molecular weight excluding hydrogens is 200 g/mol. The average molecular weight is 210 g/mol. The summed E-state index contributed by atoms with van der Waals surface area (Å²) in [7, 11) is 0. The molecule has 0 saturated heterocycles. The minimum Gasteiger partial charge on any atom is -0.392 e. The summed E-state index contributed by atoms with van der Waals surface area (Å²) >= 11 is 0. The Morgan fingerprint density at radius 2 is 2.00 bits per heavy atom. The molecule has 0 bridgehead atoms. The average Bonchev–Trinajstić information content (AvgIpc) is 2.56. The fourth-order valence-corrected chi connectivity index (χ4v) is 1.95. The third kappa shape index (κ3) is 1.26. The maximum atomic E-state index is 9.29. The summed E-state index contributed by atoms with van der Waals surface area (Å²) in [5.74, 6) is 0. The molecular formula is C13H10N2O. The summed E-state index contributed by atoms with van der Waals surface area (Å²) in [6.45, 7) is -0.0402. The van der Waals surface area contributed by atoms with Crippen molar-refractivity contribution in [1.29, 1.82) is 0 Å². The number of benzene rings is 1. The van der Waals surface area contributed by atoms with Crippen molar-refractivity contribution in [3.05, 3.63) is 48.3 Å². The van der Waals surface area contributed by atoms with E-state index in [4.69, 9.17) is 0 Å². The van der Waals surface area contributed by atoms with Crippen molar-refractivity contribution in [2.24, 2.45) is 0 Å². The van der Waals surface area contributed by atoms with E-state index in [0.717, 1.165) is 27.7 Å². The zero-order valence-corrected chi connectivity index (χ0v) is 8.59. The largest absolute Gasteiger partial charge is 0.392 e. The molecule has 0 spiro atoms. The van der Waals surface area contributed by atoms with Crippen LogP contribution in [0.2, 0.25) is 0 Å². The summed E-state index contributed by atoms with van der Waals surface area (Å²) in [4.78, 5) is 8.60. The van der Waals surface area contributed by atoms with E-state index < -0.39 is 0 Å². The maximum Gasteiger partial charge on any atom is 0.0787 e. The Balaban J connectivity index is 2.46. The van der Waals surface area contributed by atoms with Gasteiger partial charge in [-0.15, -0.1) is 0 Å². The Morgan fingerprint density at radius 3 is 2.88 bits per heavy atom. The van der Waals surface area contributed by atoms with E-state index in [1.807, 2.05) is 30.3 Å². The van der Waals surface area contributed by atoms with Crippen LogP contribution in [0.15, 0.2) is 42.7 Å². The number of para-hydroxylation sites is 1. The van der Waals surface area contributed by atoms with Crippen LogP contribution in [0, 0.1) is 0 Å². The highest BCUT2D eigenvalue weighted by Gasteiger charge is 2.13. The Bertz CT molecular complexity index is 621. The molecule has 0 fully saturated rings. The molecule has 0 saturated carbocycles. The number of rotatable bonds is 1. The van der Waals surface area contributed by atoms with E-state index in [0.29, 0.717) is 0 Å². The first-order valence-corrected chi connectivity index (χ1v) is 5.12. The Labute approximate surface area is 92.7 Å². The summed E-state index contributed by atoms with van der Waals surface area (Å²) in [5.41, 5.74) is 3.59. The first-order chi connectivity index (χ1) is 7.90. The second-order valence-corrected chi connectivity index (χ2v) is 3.67. The van der Waals surface area contributed by atoms with Crippen molar-refractivity contribution in [1.82, 2.24) is 9.97 Å². The van der Waals surface area contributed by atoms with Gasteiger partial charge in [0.05, 0.1) is 17.8 Å². The molecule has 78 valence electrons. The van der Waals surface area contributed by atoms with Crippen molar-refractivity contribution in [2.45, 2.75) is 6.61 Å². The molecule has 16 heavy (non-hydrogen) atoms. The van der Waals surface area contributed by atoms with Crippen LogP contribution >= 0.6 is 0 Å². The van der Waals surface area contributed by atoms with Crippen molar-refractivity contribution in [3.63, 3.8) is 0 Å². The Morgan fingerprint density at radius 1 is 1.12 bits per heavy atom. The summed E-state index contributed by atoms with van der Waals surface area (Å²) in [6, 6.07) is 9.90. The SMILES string of the molecule is OCc1cnccc2c3ccccc3nc1-2. The van der Waals surface area contributed by atoms with Gasteiger partial charge in [0.2, 0.25) is 0 Å². The summed E-state index contributed by atoms with van der Waals surface area (Å²) in [6.07, 6.45) is 3.39. The van der Waals surface area contributed by atoms with Gasteiger partial charge < -0.3 is 5.11 Å². The molecule has 2 aliphatic rings. The van der Waals surface area contributed by atoms with Gasteiger partial charge >= 0.3 is 0 Å². The number of fused-ring (bicyclic) bond motifs is 3. The fourth-order valence-electron chi connectivity index (χ4n) is 1.95. The highest BCUT2D eigenvalue weighted by atomic mass is 16.3. The molecule has 1 aromatic rings. The van der Waals surface area contributed by atoms with Crippen LogP contribution in [0.3, 0.4) is 0 Å². The second kappa shape index (κ2) is 3.54. The fraction of sp³-hybridized carbons (Fsp3) is 0.0769. The van der Waals surface area contributed by atoms with Gasteiger partial charge in [0.25, 0.3) is 0 Å². The monoisotopic (exact) mass is 210 g/mol. The first-order valence-electron chi connectivity index (χ1n) is 5.12. The molecule has 3 heteroatoms. The lowest BCUT2D eigenvalue weighted by atomic mass is 10.1. The molecule has 1 N–H and O–H groups in total. The molecule has 0 radical (unpaired) electrons. The molecule has 2 heterocycles. The Hall–Kier alpha value is -2.00. The van der Waals surface area contributed by atoms with Crippen molar-refractivity contribution in [3.8, 4) is 11.3 Å². The highest BCUT2D eigenvalue weighted by molar-refractivity contribution is 5.97. The van der Waals surface area contributed by atoms with Crippen molar-refractivity contribution >= 4 is 10.9 Å². The molecule has 0 aliphatic carbocycles. The molecule has 0 amide bonds. The Kier molecular flexibility index (Phi) is 2.04. The number of hydrogen-bond donors (Lipinski definition) is 1. The van der Waals surface area contributed by atoms with Crippen LogP contribution in [0.5, 0.6) is 0 Å². The molecule has 0 unspecified atom stereocenters. The lowest BCUT2D eigenvalue weighted by Gasteiger charge is -1.96. The number of hydrogen-bond acceptors (Lipinski definition) is 3. The molecule has 3 nitrogen and oxygen atoms in total. The van der Waals surface area contributed by atoms with Gasteiger partial charge in [-0.3, -0.25) is 4.98 Å². The van der Waals surface area contributed by atoms with E-state index in [1.165, 1.54) is 0 Å². The molecule has 3 rings (SSSR count). The van der Waals surface area contributed by atoms with Gasteiger partial charge in [0, 0.05) is 28.9 Å². The maximum absolute atomic E-state index is 9.29. The topological polar surface area (TPSA) is 46.0 Å². The molecule has 2 aliphatic heterocycles. The van der Waals surface area contributed by atoms with E-state index in [2.05, 4.69) is 9.97 Å². The van der Waals surface area contributed by atoms with Gasteiger partial charge in [-0.25, -0.2) is 4.98 Å². The second-order valence-electron chi connectivity index (χ2n) is 3.67. The standard InChI is InChI=1S/C13H10N2O/c16-8-9-7-14-6-5-11-10-3-1-2-4-12(10)15-13(9)11/h1-7,16H,8H2. The van der Waals surface area contributed by atoms with Crippen LogP contribution in [-0.4, -0.2) is 15.1 Å². The van der Waals surface area contributed by atoms with Gasteiger partial charge in [-0.1, -0.05) is 18.2 Å². The normalized spacial score (nSPS) is 11.1. The van der Waals surface area contributed by atoms with Crippen LogP contribution in [0.4, 0.5) is 0 Å². The lowest BCUT2D eigenvalue weighted by Crippen LogP contribution is -1.85. The van der Waals surface area contributed by atoms with Crippen LogP contribution in [-0.2, 0) is 6.61 Å². The molecule has 1 aromatic carbocycles. The third-order valence-electron chi connectivity index (χ3n) is 2.71. The van der Waals surface area contributed by atoms with Gasteiger partial charge in [0.1, 0.15) is 0 Å². The number of aliphatic hydroxyl groups is 1. The minimum absolute atomic E-state index is 0.0402. The summed E-state index contributed by atoms with van der Waals surface area (Å²) < 4.78 is 0. The number of nitrogens with zero attached hydrogens (tertiary/aromatic N) is 2. The van der Waals surface area contributed by atoms with Crippen molar-refractivity contribution < 1.29 is 5.11 Å².